The van der Waals surface area contributed by atoms with Gasteiger partial charge in [-0.1, -0.05) is 19.3 Å². The Bertz CT molecular complexity index is 533. The predicted octanol–water partition coefficient (Wildman–Crippen LogP) is 2.08. The highest BCUT2D eigenvalue weighted by molar-refractivity contribution is 5.87. The number of aliphatic hydroxyl groups is 1. The van der Waals surface area contributed by atoms with E-state index in [9.17, 15) is 14.7 Å². The lowest BCUT2D eigenvalue weighted by atomic mass is 9.87. The highest BCUT2D eigenvalue weighted by atomic mass is 16.4. The van der Waals surface area contributed by atoms with Crippen LogP contribution in [0.4, 0.5) is 0 Å². The highest BCUT2D eigenvalue weighted by Crippen LogP contribution is 2.26. The fraction of sp³-hybridized carbons (Fsp3) is 0.667. The maximum absolute atomic E-state index is 12.1. The fourth-order valence-corrected chi connectivity index (χ4v) is 3.10. The Labute approximate surface area is 143 Å². The van der Waals surface area contributed by atoms with Gasteiger partial charge in [-0.25, -0.2) is 0 Å². The summed E-state index contributed by atoms with van der Waals surface area (Å²) < 4.78 is 5.17. The van der Waals surface area contributed by atoms with E-state index in [1.165, 1.54) is 25.5 Å². The molecular weight excluding hydrogens is 308 g/mol. The molecule has 3 N–H and O–H groups in total. The van der Waals surface area contributed by atoms with E-state index >= 15 is 0 Å². The quantitative estimate of drug-likeness (QED) is 0.711. The zero-order valence-electron chi connectivity index (χ0n) is 14.5. The van der Waals surface area contributed by atoms with E-state index in [1.807, 2.05) is 0 Å². The molecule has 24 heavy (non-hydrogen) atoms. The molecule has 134 valence electrons. The van der Waals surface area contributed by atoms with Crippen molar-refractivity contribution >= 4 is 11.8 Å². The third-order valence-corrected chi connectivity index (χ3v) is 4.63. The van der Waals surface area contributed by atoms with Crippen molar-refractivity contribution in [2.75, 3.05) is 6.54 Å². The molecule has 1 aliphatic carbocycles. The molecule has 2 amide bonds. The minimum atomic E-state index is -1.29. The summed E-state index contributed by atoms with van der Waals surface area (Å²) in [4.78, 5) is 24.2. The van der Waals surface area contributed by atoms with Crippen molar-refractivity contribution in [2.24, 2.45) is 5.92 Å². The summed E-state index contributed by atoms with van der Waals surface area (Å²) in [6, 6.07) is 2.70. The van der Waals surface area contributed by atoms with Gasteiger partial charge in [-0.15, -0.1) is 0 Å². The fourth-order valence-electron chi connectivity index (χ4n) is 3.10. The molecule has 0 radical (unpaired) electrons. The largest absolute Gasteiger partial charge is 0.466 e. The molecule has 2 atom stereocenters. The maximum atomic E-state index is 12.1. The molecule has 0 spiro atoms. The van der Waals surface area contributed by atoms with Gasteiger partial charge in [0, 0.05) is 6.42 Å². The number of carbonyl (C=O) groups is 2. The molecule has 0 aromatic carbocycles. The van der Waals surface area contributed by atoms with Crippen LogP contribution >= 0.6 is 0 Å². The van der Waals surface area contributed by atoms with Crippen LogP contribution in [0.2, 0.25) is 0 Å². The van der Waals surface area contributed by atoms with E-state index in [-0.39, 0.29) is 18.4 Å². The molecule has 1 aromatic rings. The monoisotopic (exact) mass is 336 g/mol. The molecule has 1 aliphatic rings. The summed E-state index contributed by atoms with van der Waals surface area (Å²) >= 11 is 0. The molecule has 2 unspecified atom stereocenters. The van der Waals surface area contributed by atoms with Crippen LogP contribution in [0.15, 0.2) is 22.8 Å². The van der Waals surface area contributed by atoms with E-state index in [2.05, 4.69) is 10.6 Å². The topological polar surface area (TPSA) is 91.6 Å². The second-order valence-electron chi connectivity index (χ2n) is 6.97. The molecule has 0 bridgehead atoms. The predicted molar refractivity (Wildman–Crippen MR) is 90.1 cm³/mol. The highest BCUT2D eigenvalue weighted by Gasteiger charge is 2.28. The van der Waals surface area contributed by atoms with Gasteiger partial charge in [-0.05, 0) is 44.7 Å². The number of furan rings is 1. The van der Waals surface area contributed by atoms with Crippen LogP contribution in [0.25, 0.3) is 0 Å². The number of nitrogens with one attached hydrogen (secondary N) is 2. The summed E-state index contributed by atoms with van der Waals surface area (Å²) in [7, 11) is 0. The average molecular weight is 336 g/mol. The van der Waals surface area contributed by atoms with Crippen LogP contribution in [0.5, 0.6) is 0 Å². The Kier molecular flexibility index (Phi) is 6.43. The summed E-state index contributed by atoms with van der Waals surface area (Å²) in [6.45, 7) is 3.23. The van der Waals surface area contributed by atoms with Gasteiger partial charge >= 0.3 is 0 Å². The van der Waals surface area contributed by atoms with Crippen molar-refractivity contribution in [3.05, 3.63) is 24.2 Å². The van der Waals surface area contributed by atoms with Crippen LogP contribution in [0.1, 0.15) is 58.1 Å². The van der Waals surface area contributed by atoms with Crippen LogP contribution in [0, 0.1) is 5.92 Å². The lowest BCUT2D eigenvalue weighted by molar-refractivity contribution is -0.129. The SMILES string of the molecule is CC(NC(=O)CC1CCCCC1)C(=O)NCC(C)(O)c1ccco1. The van der Waals surface area contributed by atoms with Crippen LogP contribution in [-0.2, 0) is 15.2 Å². The van der Waals surface area contributed by atoms with E-state index in [0.717, 1.165) is 12.8 Å². The smallest absolute Gasteiger partial charge is 0.242 e. The van der Waals surface area contributed by atoms with Crippen molar-refractivity contribution < 1.29 is 19.1 Å². The summed E-state index contributed by atoms with van der Waals surface area (Å²) in [6.07, 6.45) is 7.79. The van der Waals surface area contributed by atoms with Gasteiger partial charge in [0.2, 0.25) is 11.8 Å². The first-order valence-corrected chi connectivity index (χ1v) is 8.72. The number of hydrogen-bond acceptors (Lipinski definition) is 4. The first kappa shape index (κ1) is 18.5. The third kappa shape index (κ3) is 5.37. The number of rotatable bonds is 7. The summed E-state index contributed by atoms with van der Waals surface area (Å²) in [5.41, 5.74) is -1.29. The van der Waals surface area contributed by atoms with Crippen LogP contribution in [-0.4, -0.2) is 29.5 Å². The molecule has 1 heterocycles. The van der Waals surface area contributed by atoms with Gasteiger partial charge in [0.25, 0.3) is 0 Å². The van der Waals surface area contributed by atoms with Crippen molar-refractivity contribution in [3.63, 3.8) is 0 Å². The molecule has 1 fully saturated rings. The number of hydrogen-bond donors (Lipinski definition) is 3. The third-order valence-electron chi connectivity index (χ3n) is 4.63. The Hall–Kier alpha value is -1.82. The minimum Gasteiger partial charge on any atom is -0.466 e. The first-order chi connectivity index (χ1) is 11.4. The van der Waals surface area contributed by atoms with Gasteiger partial charge < -0.3 is 20.2 Å². The van der Waals surface area contributed by atoms with E-state index < -0.39 is 11.6 Å². The minimum absolute atomic E-state index is 0.0161. The van der Waals surface area contributed by atoms with Crippen LogP contribution in [0.3, 0.4) is 0 Å². The Balaban J connectivity index is 1.74. The second kappa shape index (κ2) is 8.33. The van der Waals surface area contributed by atoms with Gasteiger partial charge in [0.05, 0.1) is 12.8 Å². The standard InChI is InChI=1S/C18H28N2O4/c1-13(20-16(21)11-14-7-4-3-5-8-14)17(22)19-12-18(2,23)15-9-6-10-24-15/h6,9-10,13-14,23H,3-5,7-8,11-12H2,1-2H3,(H,19,22)(H,20,21). The van der Waals surface area contributed by atoms with Crippen molar-refractivity contribution in [1.29, 1.82) is 0 Å². The van der Waals surface area contributed by atoms with Gasteiger partial charge in [0.1, 0.15) is 17.4 Å². The summed E-state index contributed by atoms with van der Waals surface area (Å²) in [5.74, 6) is 0.423. The second-order valence-corrected chi connectivity index (χ2v) is 6.97. The molecule has 6 nitrogen and oxygen atoms in total. The van der Waals surface area contributed by atoms with Crippen LogP contribution < -0.4 is 10.6 Å². The molecule has 0 aliphatic heterocycles. The lowest BCUT2D eigenvalue weighted by Gasteiger charge is -2.24. The molecule has 2 rings (SSSR count). The Morgan fingerprint density at radius 2 is 2.08 bits per heavy atom. The zero-order chi connectivity index (χ0) is 17.6. The van der Waals surface area contributed by atoms with Gasteiger partial charge in [-0.2, -0.15) is 0 Å². The van der Waals surface area contributed by atoms with Crippen molar-refractivity contribution in [2.45, 2.75) is 64.0 Å². The van der Waals surface area contributed by atoms with Gasteiger partial charge in [-0.3, -0.25) is 9.59 Å². The Morgan fingerprint density at radius 3 is 2.71 bits per heavy atom. The van der Waals surface area contributed by atoms with E-state index in [1.54, 1.807) is 26.0 Å². The van der Waals surface area contributed by atoms with Crippen molar-refractivity contribution in [3.8, 4) is 0 Å². The van der Waals surface area contributed by atoms with Gasteiger partial charge in [0.15, 0.2) is 0 Å². The Morgan fingerprint density at radius 1 is 1.38 bits per heavy atom. The average Bonchev–Trinajstić information content (AvgIpc) is 3.08. The van der Waals surface area contributed by atoms with E-state index in [4.69, 9.17) is 4.42 Å². The molecule has 6 heteroatoms. The maximum Gasteiger partial charge on any atom is 0.242 e. The molecule has 1 saturated carbocycles. The van der Waals surface area contributed by atoms with E-state index in [0.29, 0.717) is 18.1 Å². The number of carbonyl (C=O) groups excluding carboxylic acids is 2. The molecule has 1 aromatic heterocycles. The first-order valence-electron chi connectivity index (χ1n) is 8.72. The lowest BCUT2D eigenvalue weighted by Crippen LogP contribution is -2.48. The zero-order valence-corrected chi connectivity index (χ0v) is 14.5. The normalized spacial score (nSPS) is 19.3. The molecular formula is C18H28N2O4. The van der Waals surface area contributed by atoms with Crippen molar-refractivity contribution in [1.82, 2.24) is 10.6 Å². The number of amides is 2. The molecule has 0 saturated heterocycles. The summed E-state index contributed by atoms with van der Waals surface area (Å²) in [5, 5.41) is 15.7.